The molecule has 0 aromatic rings. The standard InChI is InChI=1S/C14H24.2CH3.Pt/c1-2-3-4-8-11-14-12-9-6-5-7-10-13-14;;;/h5-6,13H,2-4,7-12H2,1H3;2*1H3;/b6-5-,14-13-;;;. The molecule has 1 aliphatic carbocycles. The van der Waals surface area contributed by atoms with Crippen LogP contribution >= 0.6 is 0 Å². The van der Waals surface area contributed by atoms with Gasteiger partial charge >= 0.3 is 29.2 Å². The van der Waals surface area contributed by atoms with E-state index in [1.165, 1.54) is 57.8 Å². The van der Waals surface area contributed by atoms with Crippen molar-refractivity contribution >= 4 is 0 Å². The van der Waals surface area contributed by atoms with Gasteiger partial charge in [-0.15, -0.1) is 0 Å². The molecule has 0 unspecified atom stereocenters. The first-order chi connectivity index (χ1) is 8.35. The second kappa shape index (κ2) is 14.2. The zero-order valence-corrected chi connectivity index (χ0v) is 14.2. The molecule has 0 saturated carbocycles. The molecular weight excluding hydrogens is 387 g/mol. The average molecular weight is 417 g/mol. The van der Waals surface area contributed by atoms with E-state index in [1.54, 1.807) is 5.57 Å². The van der Waals surface area contributed by atoms with Crippen LogP contribution in [0.5, 0.6) is 0 Å². The van der Waals surface area contributed by atoms with Gasteiger partial charge in [0.15, 0.2) is 0 Å². The fraction of sp³-hybridized carbons (Fsp3) is 0.750. The predicted octanol–water partition coefficient (Wildman–Crippen LogP) is 6.18. The first-order valence-corrected chi connectivity index (χ1v) is 11.4. The van der Waals surface area contributed by atoms with Crippen molar-refractivity contribution in [3.63, 3.8) is 0 Å². The van der Waals surface area contributed by atoms with Gasteiger partial charge in [-0.05, 0) is 38.5 Å². The second-order valence-electron chi connectivity index (χ2n) is 4.58. The molecule has 1 aliphatic rings. The predicted molar refractivity (Wildman–Crippen MR) is 76.2 cm³/mol. The molecule has 0 radical (unpaired) electrons. The summed E-state index contributed by atoms with van der Waals surface area (Å²) in [6, 6.07) is 0. The van der Waals surface area contributed by atoms with E-state index in [0.717, 1.165) is 0 Å². The van der Waals surface area contributed by atoms with E-state index in [1.807, 2.05) is 0 Å². The first kappa shape index (κ1) is 17.2. The Kier molecular flexibility index (Phi) is 14.4. The summed E-state index contributed by atoms with van der Waals surface area (Å²) in [6.07, 6.45) is 19.2. The van der Waals surface area contributed by atoms with Crippen LogP contribution in [-0.4, -0.2) is 0 Å². The van der Waals surface area contributed by atoms with Gasteiger partial charge in [0.2, 0.25) is 0 Å². The summed E-state index contributed by atoms with van der Waals surface area (Å²) in [5.74, 6) is 0. The molecule has 0 aromatic carbocycles. The normalized spacial score (nSPS) is 20.5. The molecular formula is C16H30Pt. The van der Waals surface area contributed by atoms with Gasteiger partial charge < -0.3 is 0 Å². The summed E-state index contributed by atoms with van der Waals surface area (Å²) in [5.41, 5.74) is 1.71. The number of hydrogen-bond acceptors (Lipinski definition) is 0. The van der Waals surface area contributed by atoms with E-state index < -0.39 is 0 Å². The van der Waals surface area contributed by atoms with Gasteiger partial charge in [-0.2, -0.15) is 0 Å². The van der Waals surface area contributed by atoms with Crippen LogP contribution in [0, 0.1) is 0 Å². The topological polar surface area (TPSA) is 0 Å². The fourth-order valence-electron chi connectivity index (χ4n) is 2.00. The third-order valence-electron chi connectivity index (χ3n) is 2.92. The molecule has 0 amide bonds. The van der Waals surface area contributed by atoms with Gasteiger partial charge in [-0.1, -0.05) is 50.0 Å². The van der Waals surface area contributed by atoms with Crippen molar-refractivity contribution in [2.75, 3.05) is 0 Å². The van der Waals surface area contributed by atoms with Crippen molar-refractivity contribution in [3.8, 4) is 0 Å². The van der Waals surface area contributed by atoms with E-state index in [9.17, 15) is 0 Å². The van der Waals surface area contributed by atoms with Gasteiger partial charge in [-0.25, -0.2) is 0 Å². The average Bonchev–Trinajstić information content (AvgIpc) is 2.27. The van der Waals surface area contributed by atoms with Crippen molar-refractivity contribution in [1.82, 2.24) is 0 Å². The molecule has 0 bridgehead atoms. The maximum absolute atomic E-state index is 2.48. The zero-order valence-electron chi connectivity index (χ0n) is 11.9. The third kappa shape index (κ3) is 12.4. The van der Waals surface area contributed by atoms with Crippen molar-refractivity contribution < 1.29 is 18.6 Å². The molecule has 0 N–H and O–H groups in total. The summed E-state index contributed by atoms with van der Waals surface area (Å²) in [7, 11) is 0. The summed E-state index contributed by atoms with van der Waals surface area (Å²) in [6.45, 7) is 2.28. The van der Waals surface area contributed by atoms with E-state index in [4.69, 9.17) is 0 Å². The van der Waals surface area contributed by atoms with Crippen LogP contribution in [0.3, 0.4) is 0 Å². The molecule has 0 atom stereocenters. The van der Waals surface area contributed by atoms with Crippen LogP contribution in [0.15, 0.2) is 23.8 Å². The van der Waals surface area contributed by atoms with E-state index >= 15 is 0 Å². The first-order valence-electron chi connectivity index (χ1n) is 6.89. The number of allylic oxidation sites excluding steroid dienone is 4. The molecule has 1 heteroatoms. The van der Waals surface area contributed by atoms with Gasteiger partial charge in [-0.3, -0.25) is 0 Å². The summed E-state index contributed by atoms with van der Waals surface area (Å²) in [4.78, 5) is 0. The molecule has 0 spiro atoms. The van der Waals surface area contributed by atoms with Gasteiger partial charge in [0.1, 0.15) is 0 Å². The SMILES string of the molecule is CCCCCC/C1=C/CC/C=C\CC1.[CH3][Pt][CH3]. The maximum atomic E-state index is 2.48. The third-order valence-corrected chi connectivity index (χ3v) is 2.92. The fourth-order valence-corrected chi connectivity index (χ4v) is 2.00. The number of hydrogen-bond donors (Lipinski definition) is 0. The van der Waals surface area contributed by atoms with Gasteiger partial charge in [0, 0.05) is 0 Å². The molecule has 104 valence electrons. The Hall–Kier alpha value is 0.168. The van der Waals surface area contributed by atoms with Crippen molar-refractivity contribution in [2.24, 2.45) is 0 Å². The van der Waals surface area contributed by atoms with Crippen LogP contribution in [0.1, 0.15) is 64.7 Å². The van der Waals surface area contributed by atoms with Crippen LogP contribution in [0.4, 0.5) is 0 Å². The Morgan fingerprint density at radius 3 is 2.41 bits per heavy atom. The van der Waals surface area contributed by atoms with E-state index in [-0.39, 0.29) is 0 Å². The molecule has 0 fully saturated rings. The molecule has 17 heavy (non-hydrogen) atoms. The zero-order chi connectivity index (χ0) is 12.8. The van der Waals surface area contributed by atoms with Crippen LogP contribution in [0.2, 0.25) is 10.6 Å². The molecule has 1 rings (SSSR count). The Balaban J connectivity index is 0.000000770. The molecule has 0 aliphatic heterocycles. The number of unbranched alkanes of at least 4 members (excludes halogenated alkanes) is 3. The van der Waals surface area contributed by atoms with Crippen LogP contribution in [0.25, 0.3) is 0 Å². The second-order valence-corrected chi connectivity index (χ2v) is 6.85. The summed E-state index contributed by atoms with van der Waals surface area (Å²) in [5, 5.41) is 4.47. The molecule has 0 saturated heterocycles. The van der Waals surface area contributed by atoms with Crippen molar-refractivity contribution in [2.45, 2.75) is 75.3 Å². The minimum absolute atomic E-state index is 0.583. The summed E-state index contributed by atoms with van der Waals surface area (Å²) >= 11 is 0.583. The van der Waals surface area contributed by atoms with Gasteiger partial charge in [0.05, 0.1) is 0 Å². The van der Waals surface area contributed by atoms with Crippen LogP contribution < -0.4 is 0 Å². The Labute approximate surface area is 117 Å². The van der Waals surface area contributed by atoms with Crippen molar-refractivity contribution in [1.29, 1.82) is 0 Å². The summed E-state index contributed by atoms with van der Waals surface area (Å²) < 4.78 is 0. The van der Waals surface area contributed by atoms with E-state index in [2.05, 4.69) is 35.8 Å². The molecule has 0 heterocycles. The quantitative estimate of drug-likeness (QED) is 0.370. The van der Waals surface area contributed by atoms with Gasteiger partial charge in [0.25, 0.3) is 0 Å². The minimum atomic E-state index is 0.583. The van der Waals surface area contributed by atoms with Crippen LogP contribution in [-0.2, 0) is 18.6 Å². The Bertz CT molecular complexity index is 204. The Morgan fingerprint density at radius 1 is 1.00 bits per heavy atom. The molecule has 0 nitrogen and oxygen atoms in total. The number of rotatable bonds is 5. The molecule has 0 aromatic heterocycles. The van der Waals surface area contributed by atoms with Crippen molar-refractivity contribution in [3.05, 3.63) is 23.8 Å². The Morgan fingerprint density at radius 2 is 1.71 bits per heavy atom. The van der Waals surface area contributed by atoms with E-state index in [0.29, 0.717) is 18.6 Å². The monoisotopic (exact) mass is 417 g/mol.